The number of hydrogen-bond donors (Lipinski definition) is 0. The van der Waals surface area contributed by atoms with Gasteiger partial charge in [0, 0.05) is 31.0 Å². The minimum atomic E-state index is -4.55. The van der Waals surface area contributed by atoms with Crippen molar-refractivity contribution in [1.82, 2.24) is 29.3 Å². The highest BCUT2D eigenvalue weighted by Gasteiger charge is 2.37. The van der Waals surface area contributed by atoms with Gasteiger partial charge in [0.1, 0.15) is 5.69 Å². The number of amides is 1. The lowest BCUT2D eigenvalue weighted by Gasteiger charge is -2.23. The summed E-state index contributed by atoms with van der Waals surface area (Å²) >= 11 is 0. The molecule has 0 unspecified atom stereocenters. The third-order valence-electron chi connectivity index (χ3n) is 5.47. The Morgan fingerprint density at radius 3 is 2.69 bits per heavy atom. The molecule has 0 N–H and O–H groups in total. The van der Waals surface area contributed by atoms with Crippen LogP contribution >= 0.6 is 0 Å². The van der Waals surface area contributed by atoms with E-state index < -0.39 is 17.9 Å². The first-order chi connectivity index (χ1) is 13.7. The molecular formula is C19H21F3N6O. The van der Waals surface area contributed by atoms with Crippen molar-refractivity contribution in [3.05, 3.63) is 46.7 Å². The van der Waals surface area contributed by atoms with Crippen LogP contribution in [0, 0.1) is 6.92 Å². The van der Waals surface area contributed by atoms with E-state index in [0.29, 0.717) is 36.3 Å². The van der Waals surface area contributed by atoms with Crippen LogP contribution in [0.25, 0.3) is 5.65 Å². The van der Waals surface area contributed by atoms with Gasteiger partial charge in [-0.2, -0.15) is 23.4 Å². The molecule has 0 saturated carbocycles. The maximum atomic E-state index is 13.5. The second-order valence-electron chi connectivity index (χ2n) is 7.25. The number of nitrogens with zero attached hydrogens (tertiary/aromatic N) is 6. The highest BCUT2D eigenvalue weighted by molar-refractivity contribution is 5.95. The maximum Gasteiger partial charge on any atom is 0.433 e. The van der Waals surface area contributed by atoms with Gasteiger partial charge >= 0.3 is 6.18 Å². The van der Waals surface area contributed by atoms with Crippen molar-refractivity contribution in [3.8, 4) is 0 Å². The van der Waals surface area contributed by atoms with Gasteiger partial charge in [0.2, 0.25) is 0 Å². The molecule has 3 aromatic rings. The fourth-order valence-electron chi connectivity index (χ4n) is 3.77. The van der Waals surface area contributed by atoms with E-state index >= 15 is 0 Å². The number of fused-ring (bicyclic) bond motifs is 1. The molecule has 0 spiro atoms. The van der Waals surface area contributed by atoms with Crippen LogP contribution in [0.15, 0.2) is 18.3 Å². The second kappa shape index (κ2) is 6.85. The van der Waals surface area contributed by atoms with E-state index in [1.807, 2.05) is 6.92 Å². The molecule has 7 nitrogen and oxygen atoms in total. The Bertz CT molecular complexity index is 1080. The zero-order valence-corrected chi connectivity index (χ0v) is 16.4. The quantitative estimate of drug-likeness (QED) is 0.669. The zero-order chi connectivity index (χ0) is 20.9. The van der Waals surface area contributed by atoms with E-state index in [2.05, 4.69) is 15.2 Å². The van der Waals surface area contributed by atoms with E-state index in [9.17, 15) is 18.0 Å². The van der Waals surface area contributed by atoms with E-state index in [1.54, 1.807) is 29.6 Å². The van der Waals surface area contributed by atoms with E-state index in [4.69, 9.17) is 0 Å². The van der Waals surface area contributed by atoms with Crippen LogP contribution in [0.3, 0.4) is 0 Å². The predicted molar refractivity (Wildman–Crippen MR) is 98.3 cm³/mol. The average Bonchev–Trinajstić information content (AvgIpc) is 3.38. The monoisotopic (exact) mass is 406 g/mol. The van der Waals surface area contributed by atoms with Gasteiger partial charge in [0.05, 0.1) is 23.5 Å². The molecule has 1 fully saturated rings. The fraction of sp³-hybridized carbons (Fsp3) is 0.474. The predicted octanol–water partition coefficient (Wildman–Crippen LogP) is 3.33. The van der Waals surface area contributed by atoms with E-state index in [1.165, 1.54) is 6.20 Å². The van der Waals surface area contributed by atoms with Crippen molar-refractivity contribution in [2.75, 3.05) is 6.54 Å². The molecule has 0 aliphatic carbocycles. The average molecular weight is 406 g/mol. The van der Waals surface area contributed by atoms with Gasteiger partial charge in [0.15, 0.2) is 5.65 Å². The molecule has 4 rings (SSSR count). The number of hydrogen-bond acceptors (Lipinski definition) is 4. The number of halogens is 3. The molecule has 0 bridgehead atoms. The van der Waals surface area contributed by atoms with Crippen molar-refractivity contribution in [3.63, 3.8) is 0 Å². The van der Waals surface area contributed by atoms with Crippen molar-refractivity contribution in [1.29, 1.82) is 0 Å². The SMILES string of the molecule is CCc1cc(C(F)(F)F)n2nc([C@@H]3CCCN3C(=O)c3cnn(C)c3C)cc2n1. The molecule has 1 atom stereocenters. The first-order valence-electron chi connectivity index (χ1n) is 9.47. The van der Waals surface area contributed by atoms with Crippen molar-refractivity contribution in [2.45, 2.75) is 45.3 Å². The van der Waals surface area contributed by atoms with Crippen LogP contribution in [-0.2, 0) is 19.6 Å². The largest absolute Gasteiger partial charge is 0.433 e. The molecule has 0 radical (unpaired) electrons. The molecule has 4 heterocycles. The van der Waals surface area contributed by atoms with Crippen LogP contribution in [0.2, 0.25) is 0 Å². The topological polar surface area (TPSA) is 68.3 Å². The third-order valence-corrected chi connectivity index (χ3v) is 5.47. The van der Waals surface area contributed by atoms with Gasteiger partial charge < -0.3 is 4.90 Å². The summed E-state index contributed by atoms with van der Waals surface area (Å²) in [4.78, 5) is 19.0. The van der Waals surface area contributed by atoms with Crippen LogP contribution in [0.1, 0.15) is 58.9 Å². The standard InChI is InChI=1S/C19H21F3N6O/c1-4-12-8-16(19(20,21)22)28-17(24-12)9-14(25-28)15-6-5-7-27(15)18(29)13-10-23-26(3)11(13)2/h8-10,15H,4-7H2,1-3H3/t15-/m0/s1. The van der Waals surface area contributed by atoms with E-state index in [0.717, 1.165) is 22.7 Å². The number of alkyl halides is 3. The summed E-state index contributed by atoms with van der Waals surface area (Å²) in [6.07, 6.45) is -1.26. The Labute approximate surface area is 165 Å². The lowest BCUT2D eigenvalue weighted by Crippen LogP contribution is -2.31. The number of likely N-dealkylation sites (tertiary alicyclic amines) is 1. The minimum Gasteiger partial charge on any atom is -0.330 e. The van der Waals surface area contributed by atoms with Crippen LogP contribution in [0.5, 0.6) is 0 Å². The molecule has 154 valence electrons. The summed E-state index contributed by atoms with van der Waals surface area (Å²) in [5.41, 5.74) is 1.29. The lowest BCUT2D eigenvalue weighted by atomic mass is 10.1. The molecule has 29 heavy (non-hydrogen) atoms. The molecule has 1 aliphatic heterocycles. The summed E-state index contributed by atoms with van der Waals surface area (Å²) in [6, 6.07) is 2.19. The molecule has 1 amide bonds. The highest BCUT2D eigenvalue weighted by atomic mass is 19.4. The number of aryl methyl sites for hydroxylation is 2. The first kappa shape index (κ1) is 19.4. The van der Waals surface area contributed by atoms with Crippen molar-refractivity contribution in [2.24, 2.45) is 7.05 Å². The molecule has 1 aliphatic rings. The van der Waals surface area contributed by atoms with Crippen molar-refractivity contribution < 1.29 is 18.0 Å². The van der Waals surface area contributed by atoms with Gasteiger partial charge in [-0.05, 0) is 32.3 Å². The second-order valence-corrected chi connectivity index (χ2v) is 7.25. The molecule has 1 saturated heterocycles. The molecule has 10 heteroatoms. The Kier molecular flexibility index (Phi) is 4.59. The van der Waals surface area contributed by atoms with Gasteiger partial charge in [-0.25, -0.2) is 9.50 Å². The fourth-order valence-corrected chi connectivity index (χ4v) is 3.77. The van der Waals surface area contributed by atoms with Crippen LogP contribution < -0.4 is 0 Å². The Hall–Kier alpha value is -2.91. The molecule has 3 aromatic heterocycles. The number of carbonyl (C=O) groups excluding carboxylic acids is 1. The third kappa shape index (κ3) is 3.26. The summed E-state index contributed by atoms with van der Waals surface area (Å²) in [5.74, 6) is -0.187. The first-order valence-corrected chi connectivity index (χ1v) is 9.47. The molecular weight excluding hydrogens is 385 g/mol. The van der Waals surface area contributed by atoms with Gasteiger partial charge in [-0.15, -0.1) is 0 Å². The van der Waals surface area contributed by atoms with Crippen LogP contribution in [-0.4, -0.2) is 41.7 Å². The maximum absolute atomic E-state index is 13.5. The Balaban J connectivity index is 1.75. The van der Waals surface area contributed by atoms with E-state index in [-0.39, 0.29) is 11.6 Å². The number of rotatable bonds is 3. The summed E-state index contributed by atoms with van der Waals surface area (Å²) < 4.78 is 43.1. The van der Waals surface area contributed by atoms with Gasteiger partial charge in [-0.3, -0.25) is 9.48 Å². The van der Waals surface area contributed by atoms with Crippen molar-refractivity contribution >= 4 is 11.6 Å². The smallest absolute Gasteiger partial charge is 0.330 e. The molecule has 0 aromatic carbocycles. The zero-order valence-electron chi connectivity index (χ0n) is 16.4. The highest BCUT2D eigenvalue weighted by Crippen LogP contribution is 2.35. The normalized spacial score (nSPS) is 17.4. The minimum absolute atomic E-state index is 0.142. The Morgan fingerprint density at radius 2 is 2.07 bits per heavy atom. The van der Waals surface area contributed by atoms with Gasteiger partial charge in [-0.1, -0.05) is 6.92 Å². The Morgan fingerprint density at radius 1 is 1.31 bits per heavy atom. The summed E-state index contributed by atoms with van der Waals surface area (Å²) in [5, 5.41) is 8.32. The summed E-state index contributed by atoms with van der Waals surface area (Å²) in [6.45, 7) is 4.08. The number of aromatic nitrogens is 5. The van der Waals surface area contributed by atoms with Crippen LogP contribution in [0.4, 0.5) is 13.2 Å². The number of carbonyl (C=O) groups is 1. The summed E-state index contributed by atoms with van der Waals surface area (Å²) in [7, 11) is 1.76. The van der Waals surface area contributed by atoms with Gasteiger partial charge in [0.25, 0.3) is 5.91 Å². The lowest BCUT2D eigenvalue weighted by molar-refractivity contribution is -0.142.